The maximum Gasteiger partial charge on any atom is 0.307 e. The Balaban J connectivity index is 1.95. The summed E-state index contributed by atoms with van der Waals surface area (Å²) in [5.41, 5.74) is 3.12. The van der Waals surface area contributed by atoms with Gasteiger partial charge in [0.2, 0.25) is 0 Å². The minimum absolute atomic E-state index is 0.183. The Morgan fingerprint density at radius 1 is 1.28 bits per heavy atom. The Labute approximate surface area is 104 Å². The van der Waals surface area contributed by atoms with Crippen LogP contribution in [-0.4, -0.2) is 17.2 Å². The smallest absolute Gasteiger partial charge is 0.307 e. The lowest BCUT2D eigenvalue weighted by atomic mass is 10.2. The Bertz CT molecular complexity index is 570. The minimum Gasteiger partial charge on any atom is -0.508 e. The predicted octanol–water partition coefficient (Wildman–Crippen LogP) is 2.06. The zero-order chi connectivity index (χ0) is 13.0. The summed E-state index contributed by atoms with van der Waals surface area (Å²) in [5, 5.41) is 12.9. The molecule has 2 aromatic rings. The molecule has 0 fully saturated rings. The summed E-state index contributed by atoms with van der Waals surface area (Å²) >= 11 is 0. The van der Waals surface area contributed by atoms with Gasteiger partial charge in [-0.3, -0.25) is 4.79 Å². The number of carbonyl (C=O) groups excluding carboxylic acids is 1. The van der Waals surface area contributed by atoms with E-state index in [1.54, 1.807) is 43.3 Å². The number of hydrogen-bond acceptors (Lipinski definition) is 4. The largest absolute Gasteiger partial charge is 0.508 e. The highest BCUT2D eigenvalue weighted by atomic mass is 16.3. The second kappa shape index (κ2) is 5.18. The van der Waals surface area contributed by atoms with Gasteiger partial charge in [-0.25, -0.2) is 5.43 Å². The third kappa shape index (κ3) is 2.98. The summed E-state index contributed by atoms with van der Waals surface area (Å²) in [7, 11) is 0. The number of aromatic hydroxyl groups is 1. The highest BCUT2D eigenvalue weighted by Crippen LogP contribution is 2.08. The van der Waals surface area contributed by atoms with Gasteiger partial charge >= 0.3 is 5.91 Å². The Hall–Kier alpha value is -2.56. The van der Waals surface area contributed by atoms with Crippen LogP contribution in [0.2, 0.25) is 0 Å². The van der Waals surface area contributed by atoms with E-state index in [2.05, 4.69) is 10.5 Å². The molecule has 1 heterocycles. The van der Waals surface area contributed by atoms with Crippen molar-refractivity contribution in [2.45, 2.75) is 6.92 Å². The Morgan fingerprint density at radius 3 is 2.61 bits per heavy atom. The number of nitrogens with zero attached hydrogens (tertiary/aromatic N) is 1. The molecule has 0 radical (unpaired) electrons. The summed E-state index contributed by atoms with van der Waals surface area (Å²) in [4.78, 5) is 11.5. The molecule has 0 unspecified atom stereocenters. The molecule has 1 aromatic carbocycles. The van der Waals surface area contributed by atoms with Gasteiger partial charge in [-0.1, -0.05) is 0 Å². The van der Waals surface area contributed by atoms with Crippen LogP contribution < -0.4 is 5.43 Å². The first-order valence-corrected chi connectivity index (χ1v) is 5.34. The van der Waals surface area contributed by atoms with E-state index in [1.165, 1.54) is 6.21 Å². The van der Waals surface area contributed by atoms with E-state index in [9.17, 15) is 4.79 Å². The second-order valence-corrected chi connectivity index (χ2v) is 3.70. The van der Waals surface area contributed by atoms with Crippen LogP contribution in [0.3, 0.4) is 0 Å². The summed E-state index contributed by atoms with van der Waals surface area (Å²) in [5.74, 6) is 0.665. The molecule has 0 atom stereocenters. The normalized spacial score (nSPS) is 10.7. The van der Waals surface area contributed by atoms with Gasteiger partial charge < -0.3 is 9.52 Å². The van der Waals surface area contributed by atoms with Crippen LogP contribution >= 0.6 is 0 Å². The van der Waals surface area contributed by atoms with Gasteiger partial charge in [-0.2, -0.15) is 5.10 Å². The minimum atomic E-state index is -0.405. The summed E-state index contributed by atoms with van der Waals surface area (Å²) in [6.45, 7) is 1.76. The average Bonchev–Trinajstić information content (AvgIpc) is 2.78. The number of benzene rings is 1. The molecule has 18 heavy (non-hydrogen) atoms. The second-order valence-electron chi connectivity index (χ2n) is 3.70. The molecule has 5 heteroatoms. The van der Waals surface area contributed by atoms with Crippen molar-refractivity contribution < 1.29 is 14.3 Å². The van der Waals surface area contributed by atoms with Crippen molar-refractivity contribution in [3.63, 3.8) is 0 Å². The fraction of sp³-hybridized carbons (Fsp3) is 0.0769. The molecule has 92 valence electrons. The van der Waals surface area contributed by atoms with Crippen molar-refractivity contribution in [3.05, 3.63) is 53.5 Å². The molecule has 5 nitrogen and oxygen atoms in total. The number of amides is 1. The standard InChI is InChI=1S/C13H12N2O3/c1-9-2-7-12(18-9)13(17)15-14-8-10-3-5-11(16)6-4-10/h2-8,16H,1H3,(H,15,17)/b14-8+. The molecular weight excluding hydrogens is 232 g/mol. The molecule has 2 N–H and O–H groups in total. The van der Waals surface area contributed by atoms with E-state index in [0.717, 1.165) is 5.56 Å². The molecule has 0 saturated heterocycles. The predicted molar refractivity (Wildman–Crippen MR) is 66.6 cm³/mol. The highest BCUT2D eigenvalue weighted by Gasteiger charge is 2.07. The lowest BCUT2D eigenvalue weighted by molar-refractivity contribution is 0.0926. The number of aryl methyl sites for hydroxylation is 1. The van der Waals surface area contributed by atoms with Crippen LogP contribution in [0.4, 0.5) is 0 Å². The van der Waals surface area contributed by atoms with Gasteiger partial charge in [-0.15, -0.1) is 0 Å². The van der Waals surface area contributed by atoms with E-state index in [1.807, 2.05) is 0 Å². The summed E-state index contributed by atoms with van der Waals surface area (Å²) < 4.78 is 5.14. The highest BCUT2D eigenvalue weighted by molar-refractivity contribution is 5.92. The number of phenolic OH excluding ortho intramolecular Hbond substituents is 1. The number of phenols is 1. The van der Waals surface area contributed by atoms with Crippen LogP contribution in [0.15, 0.2) is 45.9 Å². The van der Waals surface area contributed by atoms with Crippen molar-refractivity contribution in [1.29, 1.82) is 0 Å². The molecule has 0 aliphatic rings. The molecule has 1 amide bonds. The number of rotatable bonds is 3. The molecule has 1 aromatic heterocycles. The first kappa shape index (κ1) is 11.9. The van der Waals surface area contributed by atoms with E-state index >= 15 is 0 Å². The zero-order valence-electron chi connectivity index (χ0n) is 9.75. The van der Waals surface area contributed by atoms with E-state index < -0.39 is 5.91 Å². The quantitative estimate of drug-likeness (QED) is 0.641. The summed E-state index contributed by atoms with van der Waals surface area (Å²) in [6, 6.07) is 9.74. The molecule has 0 aliphatic heterocycles. The lowest BCUT2D eigenvalue weighted by Gasteiger charge is -1.96. The number of hydrazone groups is 1. The van der Waals surface area contributed by atoms with Crippen LogP contribution in [0.1, 0.15) is 21.9 Å². The third-order valence-electron chi connectivity index (χ3n) is 2.24. The fourth-order valence-electron chi connectivity index (χ4n) is 1.34. The van der Waals surface area contributed by atoms with Gasteiger partial charge in [0.1, 0.15) is 11.5 Å². The van der Waals surface area contributed by atoms with Gasteiger partial charge in [0, 0.05) is 0 Å². The molecule has 0 spiro atoms. The van der Waals surface area contributed by atoms with Crippen molar-refractivity contribution in [3.8, 4) is 5.75 Å². The van der Waals surface area contributed by atoms with Crippen molar-refractivity contribution in [1.82, 2.24) is 5.43 Å². The van der Waals surface area contributed by atoms with Crippen LogP contribution in [0.5, 0.6) is 5.75 Å². The van der Waals surface area contributed by atoms with Crippen molar-refractivity contribution in [2.24, 2.45) is 5.10 Å². The van der Waals surface area contributed by atoms with Crippen molar-refractivity contribution >= 4 is 12.1 Å². The van der Waals surface area contributed by atoms with Gasteiger partial charge in [0.25, 0.3) is 0 Å². The topological polar surface area (TPSA) is 74.8 Å². The van der Waals surface area contributed by atoms with Crippen molar-refractivity contribution in [2.75, 3.05) is 0 Å². The van der Waals surface area contributed by atoms with E-state index in [-0.39, 0.29) is 11.5 Å². The van der Waals surface area contributed by atoms with E-state index in [0.29, 0.717) is 5.76 Å². The van der Waals surface area contributed by atoms with Crippen LogP contribution in [-0.2, 0) is 0 Å². The number of furan rings is 1. The Kier molecular flexibility index (Phi) is 3.43. The molecule has 0 saturated carbocycles. The molecular formula is C13H12N2O3. The Morgan fingerprint density at radius 2 is 2.00 bits per heavy atom. The summed E-state index contributed by atoms with van der Waals surface area (Å²) in [6.07, 6.45) is 1.48. The SMILES string of the molecule is Cc1ccc(C(=O)N/N=C/c2ccc(O)cc2)o1. The first-order chi connectivity index (χ1) is 8.65. The maximum atomic E-state index is 11.5. The lowest BCUT2D eigenvalue weighted by Crippen LogP contribution is -2.16. The molecule has 2 rings (SSSR count). The molecule has 0 bridgehead atoms. The zero-order valence-corrected chi connectivity index (χ0v) is 9.75. The number of nitrogens with one attached hydrogen (secondary N) is 1. The number of hydrogen-bond donors (Lipinski definition) is 2. The van der Waals surface area contributed by atoms with E-state index in [4.69, 9.17) is 9.52 Å². The van der Waals surface area contributed by atoms with Gasteiger partial charge in [0.05, 0.1) is 6.21 Å². The van der Waals surface area contributed by atoms with Gasteiger partial charge in [0.15, 0.2) is 5.76 Å². The van der Waals surface area contributed by atoms with Crippen LogP contribution in [0.25, 0.3) is 0 Å². The first-order valence-electron chi connectivity index (χ1n) is 5.34. The monoisotopic (exact) mass is 244 g/mol. The number of carbonyl (C=O) groups is 1. The maximum absolute atomic E-state index is 11.5. The third-order valence-corrected chi connectivity index (χ3v) is 2.24. The average molecular weight is 244 g/mol. The van der Waals surface area contributed by atoms with Gasteiger partial charge in [-0.05, 0) is 48.9 Å². The molecule has 0 aliphatic carbocycles. The van der Waals surface area contributed by atoms with Crippen LogP contribution in [0, 0.1) is 6.92 Å². The fourth-order valence-corrected chi connectivity index (χ4v) is 1.34.